The Bertz CT molecular complexity index is 435. The predicted octanol–water partition coefficient (Wildman–Crippen LogP) is 1.19. The van der Waals surface area contributed by atoms with Crippen LogP contribution >= 0.6 is 0 Å². The molecule has 0 spiro atoms. The van der Waals surface area contributed by atoms with Gasteiger partial charge >= 0.3 is 0 Å². The van der Waals surface area contributed by atoms with Crippen LogP contribution in [0.25, 0.3) is 0 Å². The molecule has 0 atom stereocenters. The zero-order valence-corrected chi connectivity index (χ0v) is 11.3. The molecule has 104 valence electrons. The Morgan fingerprint density at radius 1 is 1.47 bits per heavy atom. The summed E-state index contributed by atoms with van der Waals surface area (Å²) in [5.74, 6) is 0.899. The van der Waals surface area contributed by atoms with E-state index in [1.54, 1.807) is 30.1 Å². The Balaban J connectivity index is 2.03. The maximum absolute atomic E-state index is 11.9. The summed E-state index contributed by atoms with van der Waals surface area (Å²) in [6, 6.07) is 5.62. The highest BCUT2D eigenvalue weighted by Crippen LogP contribution is 2.31. The Morgan fingerprint density at radius 2 is 2.21 bits per heavy atom. The molecule has 0 radical (unpaired) electrons. The van der Waals surface area contributed by atoms with Gasteiger partial charge in [-0.1, -0.05) is 12.1 Å². The van der Waals surface area contributed by atoms with Crippen LogP contribution in [0.15, 0.2) is 18.2 Å². The van der Waals surface area contributed by atoms with Crippen LogP contribution in [-0.4, -0.2) is 42.7 Å². The molecule has 1 amide bonds. The number of likely N-dealkylation sites (N-methyl/N-ethyl adjacent to an activating group) is 1. The number of aliphatic hydroxyl groups excluding tert-OH is 1. The normalized spacial score (nSPS) is 14.1. The molecule has 5 heteroatoms. The molecule has 5 nitrogen and oxygen atoms in total. The molecule has 0 heterocycles. The molecule has 1 saturated carbocycles. The van der Waals surface area contributed by atoms with E-state index in [9.17, 15) is 9.90 Å². The zero-order chi connectivity index (χ0) is 13.8. The fourth-order valence-electron chi connectivity index (χ4n) is 1.91. The summed E-state index contributed by atoms with van der Waals surface area (Å²) < 4.78 is 10.7. The molecule has 1 aromatic carbocycles. The first-order valence-electron chi connectivity index (χ1n) is 6.32. The number of aliphatic hydroxyl groups is 1. The topological polar surface area (TPSA) is 59.0 Å². The smallest absolute Gasteiger partial charge is 0.260 e. The quantitative estimate of drug-likeness (QED) is 0.839. The number of para-hydroxylation sites is 1. The molecule has 1 fully saturated rings. The lowest BCUT2D eigenvalue weighted by atomic mass is 10.2. The average Bonchev–Trinajstić information content (AvgIpc) is 3.27. The third kappa shape index (κ3) is 3.17. The van der Waals surface area contributed by atoms with E-state index >= 15 is 0 Å². The number of carbonyl (C=O) groups excluding carboxylic acids is 1. The summed E-state index contributed by atoms with van der Waals surface area (Å²) in [6.45, 7) is -0.195. The van der Waals surface area contributed by atoms with Crippen LogP contribution in [0.2, 0.25) is 0 Å². The van der Waals surface area contributed by atoms with Gasteiger partial charge in [0.05, 0.1) is 13.7 Å². The number of hydrogen-bond donors (Lipinski definition) is 1. The monoisotopic (exact) mass is 265 g/mol. The van der Waals surface area contributed by atoms with E-state index in [0.29, 0.717) is 23.1 Å². The van der Waals surface area contributed by atoms with Crippen molar-refractivity contribution in [3.8, 4) is 11.5 Å². The number of carbonyl (C=O) groups is 1. The number of ether oxygens (including phenoxy) is 2. The summed E-state index contributed by atoms with van der Waals surface area (Å²) in [7, 11) is 3.32. The summed E-state index contributed by atoms with van der Waals surface area (Å²) in [5, 5.41) is 9.28. The molecule has 0 bridgehead atoms. The highest BCUT2D eigenvalue weighted by Gasteiger charge is 2.29. The highest BCUT2D eigenvalue weighted by atomic mass is 16.5. The van der Waals surface area contributed by atoms with Crippen molar-refractivity contribution in [1.29, 1.82) is 0 Å². The lowest BCUT2D eigenvalue weighted by molar-refractivity contribution is -0.132. The SMILES string of the molecule is COc1cccc(CO)c1OCC(=O)N(C)C1CC1. The maximum atomic E-state index is 11.9. The molecule has 19 heavy (non-hydrogen) atoms. The summed E-state index contributed by atoms with van der Waals surface area (Å²) >= 11 is 0. The van der Waals surface area contributed by atoms with Gasteiger partial charge in [0.25, 0.3) is 5.91 Å². The molecular weight excluding hydrogens is 246 g/mol. The lowest BCUT2D eigenvalue weighted by Gasteiger charge is -2.18. The van der Waals surface area contributed by atoms with Crippen LogP contribution < -0.4 is 9.47 Å². The van der Waals surface area contributed by atoms with E-state index in [1.807, 2.05) is 0 Å². The van der Waals surface area contributed by atoms with Crippen molar-refractivity contribution in [2.45, 2.75) is 25.5 Å². The molecule has 1 aliphatic rings. The second-order valence-corrected chi connectivity index (χ2v) is 4.63. The van der Waals surface area contributed by atoms with E-state index in [4.69, 9.17) is 9.47 Å². The first kappa shape index (κ1) is 13.7. The first-order valence-corrected chi connectivity index (χ1v) is 6.32. The molecule has 0 aromatic heterocycles. The van der Waals surface area contributed by atoms with Crippen LogP contribution in [0.1, 0.15) is 18.4 Å². The van der Waals surface area contributed by atoms with Crippen LogP contribution in [0.3, 0.4) is 0 Å². The second kappa shape index (κ2) is 5.93. The number of hydrogen-bond acceptors (Lipinski definition) is 4. The van der Waals surface area contributed by atoms with E-state index in [2.05, 4.69) is 0 Å². The average molecular weight is 265 g/mol. The summed E-state index contributed by atoms with van der Waals surface area (Å²) in [5.41, 5.74) is 0.612. The van der Waals surface area contributed by atoms with Crippen LogP contribution in [0, 0.1) is 0 Å². The van der Waals surface area contributed by atoms with Gasteiger partial charge in [0.15, 0.2) is 18.1 Å². The molecule has 1 N–H and O–H groups in total. The van der Waals surface area contributed by atoms with Crippen molar-refractivity contribution in [2.24, 2.45) is 0 Å². The third-order valence-electron chi connectivity index (χ3n) is 3.28. The first-order chi connectivity index (χ1) is 9.17. The maximum Gasteiger partial charge on any atom is 0.260 e. The minimum atomic E-state index is -0.154. The van der Waals surface area contributed by atoms with E-state index < -0.39 is 0 Å². The van der Waals surface area contributed by atoms with E-state index in [-0.39, 0.29) is 19.1 Å². The molecule has 1 aliphatic carbocycles. The van der Waals surface area contributed by atoms with Crippen molar-refractivity contribution in [3.63, 3.8) is 0 Å². The molecular formula is C14H19NO4. The lowest BCUT2D eigenvalue weighted by Crippen LogP contribution is -2.33. The Hall–Kier alpha value is -1.75. The van der Waals surface area contributed by atoms with E-state index in [1.165, 1.54) is 7.11 Å². The van der Waals surface area contributed by atoms with Gasteiger partial charge in [-0.25, -0.2) is 0 Å². The van der Waals surface area contributed by atoms with Gasteiger partial charge in [-0.3, -0.25) is 4.79 Å². The van der Waals surface area contributed by atoms with Gasteiger partial charge < -0.3 is 19.5 Å². The number of amides is 1. The number of benzene rings is 1. The zero-order valence-electron chi connectivity index (χ0n) is 11.3. The van der Waals surface area contributed by atoms with Crippen LogP contribution in [-0.2, 0) is 11.4 Å². The van der Waals surface area contributed by atoms with Gasteiger partial charge in [0, 0.05) is 18.7 Å². The van der Waals surface area contributed by atoms with Gasteiger partial charge in [-0.2, -0.15) is 0 Å². The van der Waals surface area contributed by atoms with E-state index in [0.717, 1.165) is 12.8 Å². The van der Waals surface area contributed by atoms with Gasteiger partial charge in [-0.05, 0) is 18.9 Å². The van der Waals surface area contributed by atoms with Gasteiger partial charge in [0.1, 0.15) is 0 Å². The Labute approximate surface area is 112 Å². The largest absolute Gasteiger partial charge is 0.493 e. The number of nitrogens with zero attached hydrogens (tertiary/aromatic N) is 1. The molecule has 0 saturated heterocycles. The minimum absolute atomic E-state index is 0.0413. The summed E-state index contributed by atoms with van der Waals surface area (Å²) in [4.78, 5) is 13.6. The van der Waals surface area contributed by atoms with Crippen molar-refractivity contribution in [1.82, 2.24) is 4.90 Å². The van der Waals surface area contributed by atoms with Crippen molar-refractivity contribution in [2.75, 3.05) is 20.8 Å². The fraction of sp³-hybridized carbons (Fsp3) is 0.500. The fourth-order valence-corrected chi connectivity index (χ4v) is 1.91. The number of rotatable bonds is 6. The predicted molar refractivity (Wildman–Crippen MR) is 70.2 cm³/mol. The minimum Gasteiger partial charge on any atom is -0.493 e. The van der Waals surface area contributed by atoms with Crippen LogP contribution in [0.5, 0.6) is 11.5 Å². The van der Waals surface area contributed by atoms with Gasteiger partial charge in [-0.15, -0.1) is 0 Å². The molecule has 0 aliphatic heterocycles. The number of methoxy groups -OCH3 is 1. The van der Waals surface area contributed by atoms with Crippen molar-refractivity contribution >= 4 is 5.91 Å². The third-order valence-corrected chi connectivity index (χ3v) is 3.28. The summed E-state index contributed by atoms with van der Waals surface area (Å²) in [6.07, 6.45) is 2.14. The van der Waals surface area contributed by atoms with Crippen molar-refractivity contribution < 1.29 is 19.4 Å². The highest BCUT2D eigenvalue weighted by molar-refractivity contribution is 5.78. The standard InChI is InChI=1S/C14H19NO4/c1-15(11-6-7-11)13(17)9-19-14-10(8-16)4-3-5-12(14)18-2/h3-5,11,16H,6-9H2,1-2H3. The molecule has 0 unspecified atom stereocenters. The van der Waals surface area contributed by atoms with Crippen molar-refractivity contribution in [3.05, 3.63) is 23.8 Å². The Morgan fingerprint density at radius 3 is 2.79 bits per heavy atom. The van der Waals surface area contributed by atoms with Crippen LogP contribution in [0.4, 0.5) is 0 Å². The van der Waals surface area contributed by atoms with Gasteiger partial charge in [0.2, 0.25) is 0 Å². The second-order valence-electron chi connectivity index (χ2n) is 4.63. The molecule has 1 aromatic rings. The molecule has 2 rings (SSSR count). The Kier molecular flexibility index (Phi) is 4.27.